The molecule has 0 aromatic heterocycles. The molecule has 1 aromatic rings. The zero-order valence-corrected chi connectivity index (χ0v) is 11.8. The minimum absolute atomic E-state index is 0.152. The molecule has 1 saturated carbocycles. The van der Waals surface area contributed by atoms with Gasteiger partial charge in [0.25, 0.3) is 0 Å². The molecule has 1 aromatic carbocycles. The molecule has 1 fully saturated rings. The first kappa shape index (κ1) is 15.3. The van der Waals surface area contributed by atoms with Crippen LogP contribution < -0.4 is 0 Å². The van der Waals surface area contributed by atoms with E-state index in [9.17, 15) is 21.6 Å². The molecule has 1 aliphatic carbocycles. The van der Waals surface area contributed by atoms with Gasteiger partial charge in [0.2, 0.25) is 10.0 Å². The summed E-state index contributed by atoms with van der Waals surface area (Å²) in [6.07, 6.45) is -2.67. The Balaban J connectivity index is 2.48. The molecule has 2 rings (SSSR count). The quantitative estimate of drug-likeness (QED) is 0.837. The van der Waals surface area contributed by atoms with Gasteiger partial charge in [0.05, 0.1) is 10.5 Å². The summed E-state index contributed by atoms with van der Waals surface area (Å²) in [5, 5.41) is 0. The molecule has 0 aliphatic heterocycles. The Labute approximate surface area is 116 Å². The molecule has 0 heterocycles. The minimum Gasteiger partial charge on any atom is -0.207 e. The Morgan fingerprint density at radius 2 is 1.85 bits per heavy atom. The average Bonchev–Trinajstić information content (AvgIpc) is 3.19. The Hall–Kier alpha value is -1.08. The summed E-state index contributed by atoms with van der Waals surface area (Å²) in [4.78, 5) is -0.646. The molecule has 0 unspecified atom stereocenters. The van der Waals surface area contributed by atoms with Crippen LogP contribution in [0.1, 0.15) is 31.7 Å². The monoisotopic (exact) mass is 307 g/mol. The normalized spacial score (nSPS) is 16.6. The van der Waals surface area contributed by atoms with E-state index in [4.69, 9.17) is 0 Å². The molecule has 0 atom stereocenters. The largest absolute Gasteiger partial charge is 0.417 e. The first-order valence-electron chi connectivity index (χ1n) is 6.46. The summed E-state index contributed by atoms with van der Waals surface area (Å²) < 4.78 is 65.1. The number of halogens is 3. The average molecular weight is 307 g/mol. The highest BCUT2D eigenvalue weighted by atomic mass is 32.2. The molecule has 3 nitrogen and oxygen atoms in total. The maximum absolute atomic E-state index is 13.0. The Bertz CT molecular complexity index is 580. The summed E-state index contributed by atoms with van der Waals surface area (Å²) in [6, 6.07) is 4.20. The lowest BCUT2D eigenvalue weighted by atomic mass is 10.2. The van der Waals surface area contributed by atoms with Crippen molar-refractivity contribution in [2.75, 3.05) is 6.54 Å². The van der Waals surface area contributed by atoms with Gasteiger partial charge in [-0.05, 0) is 31.4 Å². The number of alkyl halides is 3. The highest BCUT2D eigenvalue weighted by Crippen LogP contribution is 2.38. The summed E-state index contributed by atoms with van der Waals surface area (Å²) in [6.45, 7) is 2.06. The fourth-order valence-corrected chi connectivity index (χ4v) is 4.13. The van der Waals surface area contributed by atoms with E-state index in [1.807, 2.05) is 0 Å². The third kappa shape index (κ3) is 2.98. The van der Waals surface area contributed by atoms with Crippen molar-refractivity contribution >= 4 is 10.0 Å². The smallest absolute Gasteiger partial charge is 0.207 e. The van der Waals surface area contributed by atoms with Crippen LogP contribution in [0.15, 0.2) is 29.2 Å². The number of hydrogen-bond acceptors (Lipinski definition) is 2. The molecule has 0 bridgehead atoms. The van der Waals surface area contributed by atoms with Gasteiger partial charge in [0, 0.05) is 12.6 Å². The summed E-state index contributed by atoms with van der Waals surface area (Å²) in [7, 11) is -4.10. The van der Waals surface area contributed by atoms with E-state index in [2.05, 4.69) is 0 Å². The van der Waals surface area contributed by atoms with E-state index in [1.54, 1.807) is 6.92 Å². The molecular formula is C13H16F3NO2S. The number of benzene rings is 1. The molecule has 112 valence electrons. The third-order valence-corrected chi connectivity index (χ3v) is 5.19. The van der Waals surface area contributed by atoms with Crippen molar-refractivity contribution in [3.8, 4) is 0 Å². The zero-order valence-electron chi connectivity index (χ0n) is 11.0. The topological polar surface area (TPSA) is 37.4 Å². The van der Waals surface area contributed by atoms with Gasteiger partial charge < -0.3 is 0 Å². The predicted octanol–water partition coefficient (Wildman–Crippen LogP) is 3.27. The number of nitrogens with zero attached hydrogens (tertiary/aromatic N) is 1. The zero-order chi connectivity index (χ0) is 15.0. The molecule has 7 heteroatoms. The molecule has 0 amide bonds. The van der Waals surface area contributed by atoms with Crippen LogP contribution in [0.3, 0.4) is 0 Å². The number of sulfonamides is 1. The Morgan fingerprint density at radius 1 is 1.25 bits per heavy atom. The van der Waals surface area contributed by atoms with Gasteiger partial charge in [0.15, 0.2) is 0 Å². The standard InChI is InChI=1S/C13H16F3NO2S/c1-2-9-17(10-7-8-10)20(18,19)12-6-4-3-5-11(12)13(14,15)16/h3-6,10H,2,7-9H2,1H3. The second-order valence-corrected chi connectivity index (χ2v) is 6.70. The SMILES string of the molecule is CCCN(C1CC1)S(=O)(=O)c1ccccc1C(F)(F)F. The van der Waals surface area contributed by atoms with Gasteiger partial charge in [-0.15, -0.1) is 0 Å². The van der Waals surface area contributed by atoms with Gasteiger partial charge in [0.1, 0.15) is 0 Å². The van der Waals surface area contributed by atoms with Crippen LogP contribution in [0.25, 0.3) is 0 Å². The van der Waals surface area contributed by atoms with Crippen molar-refractivity contribution < 1.29 is 21.6 Å². The van der Waals surface area contributed by atoms with E-state index in [0.29, 0.717) is 19.3 Å². The lowest BCUT2D eigenvalue weighted by molar-refractivity contribution is -0.139. The van der Waals surface area contributed by atoms with Crippen molar-refractivity contribution in [1.29, 1.82) is 0 Å². The van der Waals surface area contributed by atoms with Gasteiger partial charge in [-0.1, -0.05) is 19.1 Å². The highest BCUT2D eigenvalue weighted by Gasteiger charge is 2.42. The molecule has 0 spiro atoms. The minimum atomic E-state index is -4.68. The van der Waals surface area contributed by atoms with E-state index < -0.39 is 26.7 Å². The fourth-order valence-electron chi connectivity index (χ4n) is 2.13. The first-order valence-corrected chi connectivity index (χ1v) is 7.90. The number of hydrogen-bond donors (Lipinski definition) is 0. The van der Waals surface area contributed by atoms with Gasteiger partial charge in [-0.3, -0.25) is 0 Å². The van der Waals surface area contributed by atoms with Crippen LogP contribution in [0.5, 0.6) is 0 Å². The van der Waals surface area contributed by atoms with Crippen molar-refractivity contribution in [3.05, 3.63) is 29.8 Å². The maximum atomic E-state index is 13.0. The lowest BCUT2D eigenvalue weighted by Crippen LogP contribution is -2.35. The third-order valence-electron chi connectivity index (χ3n) is 3.18. The van der Waals surface area contributed by atoms with Crippen LogP contribution in [-0.4, -0.2) is 25.3 Å². The van der Waals surface area contributed by atoms with Crippen molar-refractivity contribution in [1.82, 2.24) is 4.31 Å². The Kier molecular flexibility index (Phi) is 4.11. The first-order chi connectivity index (χ1) is 9.28. The summed E-state index contributed by atoms with van der Waals surface area (Å²) >= 11 is 0. The van der Waals surface area contributed by atoms with Crippen molar-refractivity contribution in [3.63, 3.8) is 0 Å². The van der Waals surface area contributed by atoms with Crippen LogP contribution in [0.4, 0.5) is 13.2 Å². The van der Waals surface area contributed by atoms with Gasteiger partial charge >= 0.3 is 6.18 Å². The fraction of sp³-hybridized carbons (Fsp3) is 0.538. The predicted molar refractivity (Wildman–Crippen MR) is 68.6 cm³/mol. The highest BCUT2D eigenvalue weighted by molar-refractivity contribution is 7.89. The maximum Gasteiger partial charge on any atom is 0.417 e. The van der Waals surface area contributed by atoms with Gasteiger partial charge in [-0.25, -0.2) is 8.42 Å². The van der Waals surface area contributed by atoms with Crippen LogP contribution >= 0.6 is 0 Å². The number of rotatable bonds is 5. The lowest BCUT2D eigenvalue weighted by Gasteiger charge is -2.23. The second kappa shape index (κ2) is 5.37. The van der Waals surface area contributed by atoms with Gasteiger partial charge in [-0.2, -0.15) is 17.5 Å². The molecule has 20 heavy (non-hydrogen) atoms. The second-order valence-electron chi connectivity index (χ2n) is 4.84. The molecule has 1 aliphatic rings. The van der Waals surface area contributed by atoms with Crippen LogP contribution in [0.2, 0.25) is 0 Å². The Morgan fingerprint density at radius 3 is 2.35 bits per heavy atom. The molecular weight excluding hydrogens is 291 g/mol. The van der Waals surface area contributed by atoms with Crippen molar-refractivity contribution in [2.45, 2.75) is 43.3 Å². The van der Waals surface area contributed by atoms with E-state index in [-0.39, 0.29) is 12.6 Å². The molecule has 0 saturated heterocycles. The van der Waals surface area contributed by atoms with E-state index in [0.717, 1.165) is 12.1 Å². The molecule has 0 radical (unpaired) electrons. The summed E-state index contributed by atoms with van der Waals surface area (Å²) in [5.41, 5.74) is -1.10. The van der Waals surface area contributed by atoms with E-state index >= 15 is 0 Å². The van der Waals surface area contributed by atoms with Crippen LogP contribution in [0, 0.1) is 0 Å². The van der Waals surface area contributed by atoms with Crippen LogP contribution in [-0.2, 0) is 16.2 Å². The summed E-state index contributed by atoms with van der Waals surface area (Å²) in [5.74, 6) is 0. The van der Waals surface area contributed by atoms with Crippen molar-refractivity contribution in [2.24, 2.45) is 0 Å². The molecule has 0 N–H and O–H groups in total. The van der Waals surface area contributed by atoms with E-state index in [1.165, 1.54) is 16.4 Å².